The third-order valence-corrected chi connectivity index (χ3v) is 6.70. The van der Waals surface area contributed by atoms with Gasteiger partial charge in [0.25, 0.3) is 0 Å². The number of esters is 1. The van der Waals surface area contributed by atoms with E-state index in [0.717, 1.165) is 22.0 Å². The second-order valence-corrected chi connectivity index (χ2v) is 8.99. The van der Waals surface area contributed by atoms with E-state index in [9.17, 15) is 15.0 Å². The third-order valence-electron chi connectivity index (χ3n) is 6.70. The number of hydrogen-bond donors (Lipinski definition) is 2. The van der Waals surface area contributed by atoms with Crippen LogP contribution in [0.5, 0.6) is 5.75 Å². The molecule has 1 aliphatic heterocycles. The molecule has 4 rings (SSSR count). The summed E-state index contributed by atoms with van der Waals surface area (Å²) < 4.78 is 6.13. The van der Waals surface area contributed by atoms with Gasteiger partial charge in [-0.2, -0.15) is 0 Å². The maximum atomic E-state index is 13.4. The lowest BCUT2D eigenvalue weighted by atomic mass is 9.79. The zero-order chi connectivity index (χ0) is 23.6. The number of benzene rings is 3. The molecule has 5 nitrogen and oxygen atoms in total. The van der Waals surface area contributed by atoms with Crippen molar-refractivity contribution in [2.75, 3.05) is 11.4 Å². The first-order chi connectivity index (χ1) is 15.8. The number of nitrogens with zero attached hydrogens (tertiary/aromatic N) is 1. The number of aliphatic hydroxyl groups excluding tert-OH is 1. The van der Waals surface area contributed by atoms with Crippen molar-refractivity contribution in [3.8, 4) is 5.75 Å². The molecule has 0 radical (unpaired) electrons. The fourth-order valence-corrected chi connectivity index (χ4v) is 4.68. The number of carbonyl (C=O) groups excluding carboxylic acids is 1. The highest BCUT2D eigenvalue weighted by atomic mass is 16.6. The summed E-state index contributed by atoms with van der Waals surface area (Å²) in [5.41, 5.74) is 1.34. The van der Waals surface area contributed by atoms with E-state index in [1.165, 1.54) is 0 Å². The lowest BCUT2D eigenvalue weighted by Gasteiger charge is -2.42. The largest absolute Gasteiger partial charge is 0.510 e. The molecule has 5 heteroatoms. The van der Waals surface area contributed by atoms with Crippen molar-refractivity contribution < 1.29 is 19.7 Å². The Morgan fingerprint density at radius 1 is 1.00 bits per heavy atom. The number of cyclic esters (lactones) is 1. The zero-order valence-electron chi connectivity index (χ0n) is 19.4. The number of fused-ring (bicyclic) bond motifs is 1. The Bertz CT molecular complexity index is 1180. The number of phenolic OH excluding ortho intramolecular Hbond substituents is 1. The number of aliphatic hydroxyl groups is 1. The number of ether oxygens (including phenoxy) is 1. The van der Waals surface area contributed by atoms with Crippen LogP contribution in [-0.4, -0.2) is 28.3 Å². The number of aryl methyl sites for hydroxylation is 1. The van der Waals surface area contributed by atoms with E-state index in [1.807, 2.05) is 80.3 Å². The Balaban J connectivity index is 1.67. The number of aromatic hydroxyl groups is 1. The first kappa shape index (κ1) is 22.7. The molecule has 0 bridgehead atoms. The molecule has 172 valence electrons. The summed E-state index contributed by atoms with van der Waals surface area (Å²) in [4.78, 5) is 15.2. The zero-order valence-corrected chi connectivity index (χ0v) is 19.4. The van der Waals surface area contributed by atoms with E-state index >= 15 is 0 Å². The van der Waals surface area contributed by atoms with Gasteiger partial charge in [0, 0.05) is 24.0 Å². The predicted molar refractivity (Wildman–Crippen MR) is 131 cm³/mol. The van der Waals surface area contributed by atoms with E-state index in [0.29, 0.717) is 19.4 Å². The van der Waals surface area contributed by atoms with Gasteiger partial charge in [-0.3, -0.25) is 0 Å². The molecule has 0 saturated carbocycles. The summed E-state index contributed by atoms with van der Waals surface area (Å²) in [6, 6.07) is 21.0. The van der Waals surface area contributed by atoms with Crippen LogP contribution in [-0.2, 0) is 16.0 Å². The minimum absolute atomic E-state index is 0.0231. The van der Waals surface area contributed by atoms with Gasteiger partial charge in [0.15, 0.2) is 5.70 Å². The van der Waals surface area contributed by atoms with E-state index < -0.39 is 11.6 Å². The molecule has 33 heavy (non-hydrogen) atoms. The standard InChI is InChI=1S/C28H31NO4/c1-4-29(24-11-7-9-21-8-5-6-10-23(21)24)26-25(31)18-28(19(2)3,33-27(26)32)17-16-20-12-14-22(30)15-13-20/h5-15,19,30-31H,4,16-18H2,1-3H3. The Hall–Kier alpha value is -3.47. The first-order valence-electron chi connectivity index (χ1n) is 11.5. The summed E-state index contributed by atoms with van der Waals surface area (Å²) in [6.45, 7) is 6.52. The van der Waals surface area contributed by atoms with Crippen LogP contribution < -0.4 is 4.90 Å². The highest BCUT2D eigenvalue weighted by Crippen LogP contribution is 2.41. The van der Waals surface area contributed by atoms with Crippen molar-refractivity contribution in [3.63, 3.8) is 0 Å². The topological polar surface area (TPSA) is 70.0 Å². The molecule has 1 aliphatic rings. The summed E-state index contributed by atoms with van der Waals surface area (Å²) in [5.74, 6) is -0.178. The Morgan fingerprint density at radius 2 is 1.70 bits per heavy atom. The van der Waals surface area contributed by atoms with Crippen molar-refractivity contribution >= 4 is 22.4 Å². The fraction of sp³-hybridized carbons (Fsp3) is 0.321. The number of phenols is 1. The van der Waals surface area contributed by atoms with Crippen molar-refractivity contribution in [3.05, 3.63) is 83.7 Å². The number of rotatable bonds is 7. The van der Waals surface area contributed by atoms with Crippen molar-refractivity contribution in [1.29, 1.82) is 0 Å². The van der Waals surface area contributed by atoms with E-state index in [-0.39, 0.29) is 29.5 Å². The van der Waals surface area contributed by atoms with E-state index in [4.69, 9.17) is 4.74 Å². The smallest absolute Gasteiger partial charge is 0.359 e. The monoisotopic (exact) mass is 445 g/mol. The average molecular weight is 446 g/mol. The molecule has 0 aromatic heterocycles. The van der Waals surface area contributed by atoms with E-state index in [1.54, 1.807) is 12.1 Å². The van der Waals surface area contributed by atoms with Gasteiger partial charge in [0.05, 0.1) is 0 Å². The minimum Gasteiger partial charge on any atom is -0.510 e. The lowest BCUT2D eigenvalue weighted by molar-refractivity contribution is -0.166. The fourth-order valence-electron chi connectivity index (χ4n) is 4.68. The Morgan fingerprint density at radius 3 is 2.36 bits per heavy atom. The maximum Gasteiger partial charge on any atom is 0.359 e. The van der Waals surface area contributed by atoms with Crippen molar-refractivity contribution in [2.45, 2.75) is 45.6 Å². The summed E-state index contributed by atoms with van der Waals surface area (Å²) in [6.07, 6.45) is 1.53. The Labute approximate surface area is 194 Å². The molecule has 3 aromatic rings. The molecule has 1 unspecified atom stereocenters. The maximum absolute atomic E-state index is 13.4. The van der Waals surface area contributed by atoms with Crippen LogP contribution in [0.1, 0.15) is 39.2 Å². The van der Waals surface area contributed by atoms with Gasteiger partial charge >= 0.3 is 5.97 Å². The molecule has 0 spiro atoms. The SMILES string of the molecule is CCN(C1=C(O)CC(CCc2ccc(O)cc2)(C(C)C)OC1=O)c1cccc2ccccc12. The summed E-state index contributed by atoms with van der Waals surface area (Å²) >= 11 is 0. The minimum atomic E-state index is -0.791. The molecular formula is C28H31NO4. The molecular weight excluding hydrogens is 414 g/mol. The van der Waals surface area contributed by atoms with Gasteiger partial charge in [-0.1, -0.05) is 62.4 Å². The van der Waals surface area contributed by atoms with Gasteiger partial charge in [-0.15, -0.1) is 0 Å². The van der Waals surface area contributed by atoms with Crippen LogP contribution >= 0.6 is 0 Å². The van der Waals surface area contributed by atoms with E-state index in [2.05, 4.69) is 0 Å². The molecule has 0 saturated heterocycles. The lowest BCUT2D eigenvalue weighted by Crippen LogP contribution is -2.47. The van der Waals surface area contributed by atoms with Gasteiger partial charge in [-0.25, -0.2) is 4.79 Å². The van der Waals surface area contributed by atoms with Gasteiger partial charge in [0.1, 0.15) is 17.1 Å². The molecule has 0 aliphatic carbocycles. The molecule has 0 fully saturated rings. The number of likely N-dealkylation sites (N-methyl/N-ethyl adjacent to an activating group) is 1. The summed E-state index contributed by atoms with van der Waals surface area (Å²) in [5, 5.41) is 22.8. The van der Waals surface area contributed by atoms with Crippen molar-refractivity contribution in [1.82, 2.24) is 0 Å². The third kappa shape index (κ3) is 4.40. The van der Waals surface area contributed by atoms with Gasteiger partial charge in [-0.05, 0) is 54.8 Å². The highest BCUT2D eigenvalue weighted by Gasteiger charge is 2.45. The van der Waals surface area contributed by atoms with Crippen LogP contribution in [0.3, 0.4) is 0 Å². The summed E-state index contributed by atoms with van der Waals surface area (Å²) in [7, 11) is 0. The van der Waals surface area contributed by atoms with Crippen LogP contribution in [0.2, 0.25) is 0 Å². The number of anilines is 1. The predicted octanol–water partition coefficient (Wildman–Crippen LogP) is 6.12. The normalized spacial score (nSPS) is 18.6. The van der Waals surface area contributed by atoms with Crippen LogP contribution in [0.25, 0.3) is 10.8 Å². The second-order valence-electron chi connectivity index (χ2n) is 8.99. The first-order valence-corrected chi connectivity index (χ1v) is 11.5. The van der Waals surface area contributed by atoms with Gasteiger partial charge < -0.3 is 19.8 Å². The molecule has 3 aromatic carbocycles. The van der Waals surface area contributed by atoms with Crippen molar-refractivity contribution in [2.24, 2.45) is 5.92 Å². The average Bonchev–Trinajstić information content (AvgIpc) is 2.80. The molecule has 1 atom stereocenters. The quantitative estimate of drug-likeness (QED) is 0.429. The molecule has 0 amide bonds. The van der Waals surface area contributed by atoms with Crippen LogP contribution in [0.4, 0.5) is 5.69 Å². The highest BCUT2D eigenvalue weighted by molar-refractivity contribution is 6.00. The molecule has 2 N–H and O–H groups in total. The second kappa shape index (κ2) is 9.18. The van der Waals surface area contributed by atoms with Gasteiger partial charge in [0.2, 0.25) is 0 Å². The Kier molecular flexibility index (Phi) is 6.32. The van der Waals surface area contributed by atoms with Crippen LogP contribution in [0.15, 0.2) is 78.2 Å². The number of hydrogen-bond acceptors (Lipinski definition) is 5. The van der Waals surface area contributed by atoms with Crippen LogP contribution in [0, 0.1) is 5.92 Å². The number of carbonyl (C=O) groups is 1. The molecule has 1 heterocycles.